The Morgan fingerprint density at radius 3 is 2.22 bits per heavy atom. The summed E-state index contributed by atoms with van der Waals surface area (Å²) in [6.45, 7) is 0.535. The van der Waals surface area contributed by atoms with Crippen LogP contribution < -0.4 is 15.2 Å². The van der Waals surface area contributed by atoms with Crippen molar-refractivity contribution in [3.05, 3.63) is 58.6 Å². The molecule has 224 valence electrons. The number of carbonyl (C=O) groups is 1. The largest absolute Gasteiger partial charge is 0.494 e. The SMILES string of the molecule is NC1CC2CCC(C1)N2C(=O)C(NS(=O)(=O)c1ccc(OCCC2CCCCC2)cc1)C(F)(F)c1ccc(Br)cc1. The van der Waals surface area contributed by atoms with E-state index in [4.69, 9.17) is 10.5 Å². The Hall–Kier alpha value is -2.08. The van der Waals surface area contributed by atoms with Crippen molar-refractivity contribution in [1.82, 2.24) is 9.62 Å². The normalized spacial score (nSPS) is 24.3. The number of carbonyl (C=O) groups excluding carboxylic acids is 1. The lowest BCUT2D eigenvalue weighted by molar-refractivity contribution is -0.149. The first-order valence-electron chi connectivity index (χ1n) is 14.5. The quantitative estimate of drug-likeness (QED) is 0.342. The Balaban J connectivity index is 1.35. The third kappa shape index (κ3) is 6.95. The van der Waals surface area contributed by atoms with Crippen LogP contribution >= 0.6 is 15.9 Å². The average molecular weight is 655 g/mol. The topological polar surface area (TPSA) is 102 Å². The number of alkyl halides is 2. The van der Waals surface area contributed by atoms with Crippen LogP contribution in [0.1, 0.15) is 69.8 Å². The number of piperidine rings is 1. The van der Waals surface area contributed by atoms with E-state index in [0.717, 1.165) is 6.42 Å². The minimum absolute atomic E-state index is 0.109. The zero-order chi connectivity index (χ0) is 29.2. The number of ether oxygens (including phenoxy) is 1. The van der Waals surface area contributed by atoms with E-state index in [2.05, 4.69) is 20.7 Å². The van der Waals surface area contributed by atoms with Gasteiger partial charge in [0.2, 0.25) is 15.9 Å². The fourth-order valence-electron chi connectivity index (χ4n) is 6.60. The molecule has 2 heterocycles. The molecule has 1 amide bonds. The molecule has 11 heteroatoms. The molecule has 0 spiro atoms. The number of halogens is 3. The summed E-state index contributed by atoms with van der Waals surface area (Å²) in [5.74, 6) is -3.58. The molecule has 7 nitrogen and oxygen atoms in total. The third-order valence-corrected chi connectivity index (χ3v) is 10.8. The lowest BCUT2D eigenvalue weighted by atomic mass is 9.87. The zero-order valence-electron chi connectivity index (χ0n) is 23.0. The summed E-state index contributed by atoms with van der Waals surface area (Å²) in [6, 6.07) is 7.95. The molecule has 2 aliphatic heterocycles. The number of nitrogens with one attached hydrogen (secondary N) is 1. The van der Waals surface area contributed by atoms with Crippen molar-refractivity contribution < 1.29 is 26.7 Å². The van der Waals surface area contributed by atoms with Gasteiger partial charge in [-0.1, -0.05) is 60.2 Å². The Morgan fingerprint density at radius 2 is 1.61 bits per heavy atom. The molecule has 1 aliphatic carbocycles. The van der Waals surface area contributed by atoms with Gasteiger partial charge in [-0.2, -0.15) is 13.5 Å². The maximum absolute atomic E-state index is 16.1. The molecule has 3 N–H and O–H groups in total. The molecule has 3 aliphatic rings. The smallest absolute Gasteiger partial charge is 0.298 e. The minimum Gasteiger partial charge on any atom is -0.494 e. The van der Waals surface area contributed by atoms with Gasteiger partial charge in [0.05, 0.1) is 11.5 Å². The van der Waals surface area contributed by atoms with Crippen molar-refractivity contribution in [2.24, 2.45) is 11.7 Å². The second-order valence-electron chi connectivity index (χ2n) is 11.7. The Bertz CT molecular complexity index is 1290. The van der Waals surface area contributed by atoms with E-state index < -0.39 is 33.5 Å². The second kappa shape index (κ2) is 12.7. The predicted molar refractivity (Wildman–Crippen MR) is 156 cm³/mol. The fourth-order valence-corrected chi connectivity index (χ4v) is 8.06. The average Bonchev–Trinajstić information content (AvgIpc) is 3.23. The molecule has 2 aromatic carbocycles. The van der Waals surface area contributed by atoms with Gasteiger partial charge in [-0.15, -0.1) is 0 Å². The lowest BCUT2D eigenvalue weighted by Crippen LogP contribution is -2.60. The predicted octanol–water partition coefficient (Wildman–Crippen LogP) is 5.72. The first-order chi connectivity index (χ1) is 19.5. The summed E-state index contributed by atoms with van der Waals surface area (Å²) in [5, 5.41) is 0. The van der Waals surface area contributed by atoms with Gasteiger partial charge < -0.3 is 15.4 Å². The van der Waals surface area contributed by atoms with E-state index in [-0.39, 0.29) is 23.0 Å². The molecule has 0 aromatic heterocycles. The van der Waals surface area contributed by atoms with Gasteiger partial charge in [-0.3, -0.25) is 4.79 Å². The summed E-state index contributed by atoms with van der Waals surface area (Å²) in [4.78, 5) is 15.0. The van der Waals surface area contributed by atoms with Crippen LogP contribution in [0.3, 0.4) is 0 Å². The molecule has 0 radical (unpaired) electrons. The molecule has 3 unspecified atom stereocenters. The van der Waals surface area contributed by atoms with E-state index in [9.17, 15) is 13.2 Å². The first kappa shape index (κ1) is 30.4. The van der Waals surface area contributed by atoms with Crippen LogP contribution in [0.5, 0.6) is 5.75 Å². The van der Waals surface area contributed by atoms with Crippen LogP contribution in [0.2, 0.25) is 0 Å². The number of hydrogen-bond acceptors (Lipinski definition) is 5. The number of fused-ring (bicyclic) bond motifs is 2. The first-order valence-corrected chi connectivity index (χ1v) is 16.8. The van der Waals surface area contributed by atoms with E-state index in [1.54, 1.807) is 0 Å². The highest BCUT2D eigenvalue weighted by Crippen LogP contribution is 2.40. The summed E-state index contributed by atoms with van der Waals surface area (Å²) in [7, 11) is -4.49. The summed E-state index contributed by atoms with van der Waals surface area (Å²) >= 11 is 3.24. The van der Waals surface area contributed by atoms with Gasteiger partial charge in [-0.05, 0) is 74.4 Å². The molecule has 2 bridgehead atoms. The maximum Gasteiger partial charge on any atom is 0.298 e. The van der Waals surface area contributed by atoms with Crippen molar-refractivity contribution in [3.63, 3.8) is 0 Å². The number of rotatable bonds is 10. The van der Waals surface area contributed by atoms with Crippen LogP contribution in [0.25, 0.3) is 0 Å². The second-order valence-corrected chi connectivity index (χ2v) is 14.3. The number of nitrogens with two attached hydrogens (primary N) is 1. The number of benzene rings is 2. The van der Waals surface area contributed by atoms with E-state index in [1.165, 1.54) is 85.5 Å². The number of sulfonamides is 1. The molecular weight excluding hydrogens is 616 g/mol. The lowest BCUT2D eigenvalue weighted by Gasteiger charge is -2.41. The number of nitrogens with zero attached hydrogens (tertiary/aromatic N) is 1. The standard InChI is InChI=1S/C30H38BrF2N3O4S/c31-22-8-6-21(7-9-22)30(32,33)28(29(37)36-24-10-11-25(36)19-23(34)18-24)35-41(38,39)27-14-12-26(13-15-27)40-17-16-20-4-2-1-3-5-20/h6-9,12-15,20,23-25,28,35H,1-5,10-11,16-19,34H2. The van der Waals surface area contributed by atoms with Gasteiger partial charge in [0.1, 0.15) is 5.75 Å². The summed E-state index contributed by atoms with van der Waals surface area (Å²) < 4.78 is 67.5. The van der Waals surface area contributed by atoms with E-state index >= 15 is 8.78 Å². The van der Waals surface area contributed by atoms with Crippen LogP contribution in [-0.2, 0) is 20.7 Å². The van der Waals surface area contributed by atoms with Gasteiger partial charge in [0.25, 0.3) is 5.92 Å². The Labute approximate surface area is 249 Å². The van der Waals surface area contributed by atoms with Crippen molar-refractivity contribution in [3.8, 4) is 5.75 Å². The highest BCUT2D eigenvalue weighted by Gasteiger charge is 2.53. The number of hydrogen-bond donors (Lipinski definition) is 2. The van der Waals surface area contributed by atoms with Crippen molar-refractivity contribution in [1.29, 1.82) is 0 Å². The maximum atomic E-state index is 16.1. The van der Waals surface area contributed by atoms with E-state index in [0.29, 0.717) is 48.4 Å². The van der Waals surface area contributed by atoms with Crippen LogP contribution in [-0.4, -0.2) is 50.0 Å². The molecule has 2 saturated heterocycles. The van der Waals surface area contributed by atoms with Crippen molar-refractivity contribution in [2.75, 3.05) is 6.61 Å². The molecule has 41 heavy (non-hydrogen) atoms. The molecule has 2 aromatic rings. The van der Waals surface area contributed by atoms with Gasteiger partial charge >= 0.3 is 0 Å². The molecular formula is C30H38BrF2N3O4S. The Morgan fingerprint density at radius 1 is 1.00 bits per heavy atom. The van der Waals surface area contributed by atoms with Crippen LogP contribution in [0.15, 0.2) is 57.9 Å². The highest BCUT2D eigenvalue weighted by atomic mass is 79.9. The van der Waals surface area contributed by atoms with Crippen LogP contribution in [0.4, 0.5) is 8.78 Å². The molecule has 3 fully saturated rings. The number of amides is 1. The summed E-state index contributed by atoms with van der Waals surface area (Å²) in [6.07, 6.45) is 9.50. The third-order valence-electron chi connectivity index (χ3n) is 8.79. The van der Waals surface area contributed by atoms with Gasteiger partial charge in [0, 0.05) is 28.2 Å². The van der Waals surface area contributed by atoms with Crippen molar-refractivity contribution >= 4 is 31.9 Å². The zero-order valence-corrected chi connectivity index (χ0v) is 25.4. The fraction of sp³-hybridized carbons (Fsp3) is 0.567. The van der Waals surface area contributed by atoms with Crippen LogP contribution in [0, 0.1) is 5.92 Å². The molecule has 1 saturated carbocycles. The van der Waals surface area contributed by atoms with Gasteiger partial charge in [0.15, 0.2) is 6.04 Å². The van der Waals surface area contributed by atoms with E-state index in [1.807, 2.05) is 0 Å². The molecule has 5 rings (SSSR count). The monoisotopic (exact) mass is 653 g/mol. The van der Waals surface area contributed by atoms with Crippen molar-refractivity contribution in [2.45, 2.75) is 99.2 Å². The Kier molecular flexibility index (Phi) is 9.37. The highest BCUT2D eigenvalue weighted by molar-refractivity contribution is 9.10. The minimum atomic E-state index is -4.49. The van der Waals surface area contributed by atoms with Gasteiger partial charge in [-0.25, -0.2) is 8.42 Å². The molecule has 3 atom stereocenters. The summed E-state index contributed by atoms with van der Waals surface area (Å²) in [5.41, 5.74) is 5.68.